The van der Waals surface area contributed by atoms with Crippen LogP contribution < -0.4 is 10.1 Å². The molecular weight excluding hydrogens is 404 g/mol. The van der Waals surface area contributed by atoms with Gasteiger partial charge in [-0.25, -0.2) is 13.1 Å². The molecule has 1 aliphatic rings. The fourth-order valence-electron chi connectivity index (χ4n) is 3.03. The SMILES string of the molecule is COc1ccccc1-c1nn(CN(C)CC(=O)NC2CCS(=O)(=O)C2)c(=S)o1. The lowest BCUT2D eigenvalue weighted by atomic mass is 10.2. The first kappa shape index (κ1) is 20.5. The molecule has 152 valence electrons. The number of carbonyl (C=O) groups is 1. The van der Waals surface area contributed by atoms with Gasteiger partial charge in [0.25, 0.3) is 10.7 Å². The van der Waals surface area contributed by atoms with E-state index < -0.39 is 9.84 Å². The second-order valence-electron chi connectivity index (χ2n) is 6.70. The quantitative estimate of drug-likeness (QED) is 0.656. The molecule has 1 fully saturated rings. The third-order valence-corrected chi connectivity index (χ3v) is 6.39. The molecule has 9 nitrogen and oxygen atoms in total. The molecule has 0 radical (unpaired) electrons. The fraction of sp³-hybridized carbons (Fsp3) is 0.471. The Morgan fingerprint density at radius 2 is 2.21 bits per heavy atom. The number of carbonyl (C=O) groups excluding carboxylic acids is 1. The number of likely N-dealkylation sites (N-methyl/N-ethyl adjacent to an activating group) is 1. The van der Waals surface area contributed by atoms with E-state index in [4.69, 9.17) is 21.4 Å². The maximum atomic E-state index is 12.2. The molecule has 28 heavy (non-hydrogen) atoms. The third kappa shape index (κ3) is 4.97. The molecule has 1 aromatic heterocycles. The van der Waals surface area contributed by atoms with Crippen LogP contribution in [-0.4, -0.2) is 67.3 Å². The number of benzene rings is 1. The second kappa shape index (κ2) is 8.41. The van der Waals surface area contributed by atoms with E-state index in [0.29, 0.717) is 23.6 Å². The lowest BCUT2D eigenvalue weighted by molar-refractivity contribution is -0.122. The van der Waals surface area contributed by atoms with Gasteiger partial charge in [-0.1, -0.05) is 12.1 Å². The number of methoxy groups -OCH3 is 1. The van der Waals surface area contributed by atoms with E-state index in [1.165, 1.54) is 4.68 Å². The van der Waals surface area contributed by atoms with E-state index in [9.17, 15) is 13.2 Å². The molecule has 0 bridgehead atoms. The van der Waals surface area contributed by atoms with Crippen molar-refractivity contribution in [1.82, 2.24) is 20.0 Å². The average Bonchev–Trinajstić information content (AvgIpc) is 3.16. The van der Waals surface area contributed by atoms with Crippen molar-refractivity contribution in [3.8, 4) is 17.2 Å². The Kier molecular flexibility index (Phi) is 6.16. The van der Waals surface area contributed by atoms with Crippen LogP contribution in [0.3, 0.4) is 0 Å². The minimum atomic E-state index is -3.03. The summed E-state index contributed by atoms with van der Waals surface area (Å²) in [5.74, 6) is 0.818. The number of nitrogens with zero attached hydrogens (tertiary/aromatic N) is 3. The zero-order valence-corrected chi connectivity index (χ0v) is 17.3. The number of sulfone groups is 1. The highest BCUT2D eigenvalue weighted by atomic mass is 32.2. The summed E-state index contributed by atoms with van der Waals surface area (Å²) < 4.78 is 35.3. The molecule has 1 aromatic carbocycles. The van der Waals surface area contributed by atoms with Crippen LogP contribution in [0.25, 0.3) is 11.5 Å². The number of hydrogen-bond donors (Lipinski definition) is 1. The van der Waals surface area contributed by atoms with Crippen molar-refractivity contribution in [2.24, 2.45) is 0 Å². The standard InChI is InChI=1S/C17H22N4O5S2/c1-20(9-15(22)18-12-7-8-28(23,24)10-12)11-21-17(27)26-16(19-21)13-5-3-4-6-14(13)25-2/h3-6,12H,7-11H2,1-2H3,(H,18,22). The van der Waals surface area contributed by atoms with Crippen LogP contribution in [-0.2, 0) is 21.3 Å². The highest BCUT2D eigenvalue weighted by Crippen LogP contribution is 2.28. The van der Waals surface area contributed by atoms with Gasteiger partial charge in [0, 0.05) is 6.04 Å². The normalized spacial score (nSPS) is 18.3. The summed E-state index contributed by atoms with van der Waals surface area (Å²) in [5.41, 5.74) is 0.678. The van der Waals surface area contributed by atoms with Crippen molar-refractivity contribution >= 4 is 28.0 Å². The van der Waals surface area contributed by atoms with Gasteiger partial charge in [0.05, 0.1) is 37.4 Å². The number of aromatic nitrogens is 2. The topological polar surface area (TPSA) is 107 Å². The summed E-state index contributed by atoms with van der Waals surface area (Å²) in [7, 11) is 0.270. The number of ether oxygens (including phenoxy) is 1. The van der Waals surface area contributed by atoms with Gasteiger partial charge in [-0.2, -0.15) is 0 Å². The minimum Gasteiger partial charge on any atom is -0.496 e. The van der Waals surface area contributed by atoms with Crippen molar-refractivity contribution in [2.75, 3.05) is 32.2 Å². The monoisotopic (exact) mass is 426 g/mol. The Bertz CT molecular complexity index is 1010. The van der Waals surface area contributed by atoms with Crippen LogP contribution in [0.4, 0.5) is 0 Å². The van der Waals surface area contributed by atoms with Crippen LogP contribution in [0.5, 0.6) is 5.75 Å². The van der Waals surface area contributed by atoms with Crippen LogP contribution in [0.2, 0.25) is 0 Å². The predicted octanol–water partition coefficient (Wildman–Crippen LogP) is 1.07. The Balaban J connectivity index is 1.61. The van der Waals surface area contributed by atoms with E-state index in [1.807, 2.05) is 18.2 Å². The van der Waals surface area contributed by atoms with E-state index in [-0.39, 0.29) is 41.5 Å². The number of amides is 1. The first-order valence-corrected chi connectivity index (χ1v) is 10.9. The molecule has 1 amide bonds. The van der Waals surface area contributed by atoms with E-state index >= 15 is 0 Å². The molecule has 1 aliphatic heterocycles. The zero-order valence-electron chi connectivity index (χ0n) is 15.6. The Labute approximate surface area is 168 Å². The van der Waals surface area contributed by atoms with E-state index in [2.05, 4.69) is 10.4 Å². The number of rotatable bonds is 7. The Morgan fingerprint density at radius 3 is 2.89 bits per heavy atom. The predicted molar refractivity (Wildman–Crippen MR) is 105 cm³/mol. The van der Waals surface area contributed by atoms with Crippen molar-refractivity contribution in [2.45, 2.75) is 19.1 Å². The van der Waals surface area contributed by atoms with Gasteiger partial charge in [0.1, 0.15) is 5.75 Å². The summed E-state index contributed by atoms with van der Waals surface area (Å²) in [6.07, 6.45) is 0.453. The Hall–Kier alpha value is -2.24. The fourth-order valence-corrected chi connectivity index (χ4v) is 4.88. The molecule has 1 unspecified atom stereocenters. The lowest BCUT2D eigenvalue weighted by Crippen LogP contribution is -2.42. The molecule has 1 saturated heterocycles. The molecule has 1 atom stereocenters. The van der Waals surface area contributed by atoms with Crippen LogP contribution in [0.1, 0.15) is 6.42 Å². The van der Waals surface area contributed by atoms with Crippen LogP contribution in [0.15, 0.2) is 28.7 Å². The van der Waals surface area contributed by atoms with Gasteiger partial charge >= 0.3 is 0 Å². The van der Waals surface area contributed by atoms with Gasteiger partial charge in [0.2, 0.25) is 5.91 Å². The smallest absolute Gasteiger partial charge is 0.288 e. The van der Waals surface area contributed by atoms with Gasteiger partial charge in [-0.05, 0) is 37.8 Å². The molecule has 0 aliphatic carbocycles. The van der Waals surface area contributed by atoms with Crippen LogP contribution in [0, 0.1) is 4.84 Å². The lowest BCUT2D eigenvalue weighted by Gasteiger charge is -2.17. The van der Waals surface area contributed by atoms with E-state index in [0.717, 1.165) is 0 Å². The average molecular weight is 427 g/mol. The molecule has 0 spiro atoms. The third-order valence-electron chi connectivity index (χ3n) is 4.33. The summed E-state index contributed by atoms with van der Waals surface area (Å²) in [4.78, 5) is 14.0. The first-order chi connectivity index (χ1) is 13.3. The van der Waals surface area contributed by atoms with Crippen molar-refractivity contribution in [3.63, 3.8) is 0 Å². The zero-order chi connectivity index (χ0) is 20.3. The van der Waals surface area contributed by atoms with Crippen molar-refractivity contribution in [1.29, 1.82) is 0 Å². The number of para-hydroxylation sites is 1. The van der Waals surface area contributed by atoms with Gasteiger partial charge in [-0.3, -0.25) is 9.69 Å². The summed E-state index contributed by atoms with van der Waals surface area (Å²) in [6.45, 7) is 0.322. The van der Waals surface area contributed by atoms with Crippen LogP contribution >= 0.6 is 12.2 Å². The van der Waals surface area contributed by atoms with E-state index in [1.54, 1.807) is 25.1 Å². The molecule has 2 aromatic rings. The Morgan fingerprint density at radius 1 is 1.46 bits per heavy atom. The summed E-state index contributed by atoms with van der Waals surface area (Å²) in [5, 5.41) is 7.13. The van der Waals surface area contributed by atoms with Gasteiger partial charge in [-0.15, -0.1) is 5.10 Å². The highest BCUT2D eigenvalue weighted by Gasteiger charge is 2.29. The molecule has 1 N–H and O–H groups in total. The first-order valence-electron chi connectivity index (χ1n) is 8.67. The summed E-state index contributed by atoms with van der Waals surface area (Å²) >= 11 is 5.22. The maximum Gasteiger partial charge on any atom is 0.288 e. The highest BCUT2D eigenvalue weighted by molar-refractivity contribution is 7.91. The van der Waals surface area contributed by atoms with Crippen molar-refractivity contribution < 1.29 is 22.4 Å². The molecule has 11 heteroatoms. The van der Waals surface area contributed by atoms with Gasteiger partial charge in [0.15, 0.2) is 9.84 Å². The van der Waals surface area contributed by atoms with Gasteiger partial charge < -0.3 is 14.5 Å². The number of hydrogen-bond acceptors (Lipinski definition) is 8. The number of nitrogens with one attached hydrogen (secondary N) is 1. The largest absolute Gasteiger partial charge is 0.496 e. The summed E-state index contributed by atoms with van der Waals surface area (Å²) in [6, 6.07) is 6.98. The molecule has 0 saturated carbocycles. The second-order valence-corrected chi connectivity index (χ2v) is 9.27. The maximum absolute atomic E-state index is 12.2. The minimum absolute atomic E-state index is 0.000925. The molecular formula is C17H22N4O5S2. The molecule has 2 heterocycles. The van der Waals surface area contributed by atoms with Crippen molar-refractivity contribution in [3.05, 3.63) is 29.1 Å². The molecule has 3 rings (SSSR count).